The molecule has 1 rings (SSSR count). The van der Waals surface area contributed by atoms with E-state index in [0.29, 0.717) is 18.8 Å². The summed E-state index contributed by atoms with van der Waals surface area (Å²) in [6.45, 7) is 5.04. The lowest BCUT2D eigenvalue weighted by Gasteiger charge is -2.20. The molecule has 20 heavy (non-hydrogen) atoms. The summed E-state index contributed by atoms with van der Waals surface area (Å²) in [6.07, 6.45) is 3.03. The van der Waals surface area contributed by atoms with Crippen LogP contribution in [0, 0.1) is 0 Å². The number of nitrogens with zero attached hydrogens (tertiary/aromatic N) is 2. The van der Waals surface area contributed by atoms with Gasteiger partial charge in [-0.1, -0.05) is 13.8 Å². The third-order valence-corrected chi connectivity index (χ3v) is 4.63. The zero-order valence-electron chi connectivity index (χ0n) is 12.0. The van der Waals surface area contributed by atoms with Crippen molar-refractivity contribution < 1.29 is 13.5 Å². The fraction of sp³-hybridized carbons (Fsp3) is 0.615. The van der Waals surface area contributed by atoms with Gasteiger partial charge in [0.2, 0.25) is 10.0 Å². The number of aromatic nitrogens is 1. The Morgan fingerprint density at radius 1 is 1.25 bits per heavy atom. The summed E-state index contributed by atoms with van der Waals surface area (Å²) in [5.74, 6) is 0.662. The Morgan fingerprint density at radius 3 is 2.50 bits per heavy atom. The summed E-state index contributed by atoms with van der Waals surface area (Å²) in [4.78, 5) is 4.26. The fourth-order valence-corrected chi connectivity index (χ4v) is 3.22. The second-order valence-electron chi connectivity index (χ2n) is 4.43. The van der Waals surface area contributed by atoms with E-state index in [1.807, 2.05) is 13.8 Å². The smallest absolute Gasteiger partial charge is 0.244 e. The van der Waals surface area contributed by atoms with Crippen molar-refractivity contribution in [2.75, 3.05) is 31.6 Å². The van der Waals surface area contributed by atoms with Gasteiger partial charge in [0, 0.05) is 25.8 Å². The van der Waals surface area contributed by atoms with Crippen LogP contribution in [0.2, 0.25) is 0 Å². The summed E-state index contributed by atoms with van der Waals surface area (Å²) >= 11 is 0. The third kappa shape index (κ3) is 4.43. The zero-order valence-corrected chi connectivity index (χ0v) is 12.9. The molecule has 0 saturated heterocycles. The van der Waals surface area contributed by atoms with Crippen molar-refractivity contribution in [3.05, 3.63) is 18.3 Å². The molecule has 0 aliphatic heterocycles. The first-order valence-electron chi connectivity index (χ1n) is 6.87. The van der Waals surface area contributed by atoms with E-state index in [9.17, 15) is 8.42 Å². The van der Waals surface area contributed by atoms with Crippen LogP contribution in [0.15, 0.2) is 23.2 Å². The minimum absolute atomic E-state index is 0.103. The van der Waals surface area contributed by atoms with Crippen LogP contribution in [0.1, 0.15) is 26.7 Å². The lowest BCUT2D eigenvalue weighted by Crippen LogP contribution is -2.34. The number of aliphatic hydroxyl groups excluding tert-OH is 1. The zero-order chi connectivity index (χ0) is 15.0. The summed E-state index contributed by atoms with van der Waals surface area (Å²) in [6, 6.07) is 3.20. The van der Waals surface area contributed by atoms with Crippen LogP contribution < -0.4 is 5.32 Å². The first kappa shape index (κ1) is 16.9. The SMILES string of the molecule is CCCNc1ccc(S(=O)(=O)N(CCC)CCO)cn1. The molecule has 1 aromatic rings. The summed E-state index contributed by atoms with van der Waals surface area (Å²) in [5, 5.41) is 12.1. The molecule has 2 N–H and O–H groups in total. The molecule has 0 saturated carbocycles. The van der Waals surface area contributed by atoms with E-state index in [0.717, 1.165) is 13.0 Å². The van der Waals surface area contributed by atoms with Crippen molar-refractivity contribution in [3.63, 3.8) is 0 Å². The molecule has 0 unspecified atom stereocenters. The van der Waals surface area contributed by atoms with Crippen LogP contribution in [0.3, 0.4) is 0 Å². The Morgan fingerprint density at radius 2 is 2.00 bits per heavy atom. The van der Waals surface area contributed by atoms with Gasteiger partial charge in [-0.05, 0) is 25.0 Å². The van der Waals surface area contributed by atoms with Crippen molar-refractivity contribution in [2.24, 2.45) is 0 Å². The van der Waals surface area contributed by atoms with Crippen LogP contribution in [0.4, 0.5) is 5.82 Å². The first-order valence-corrected chi connectivity index (χ1v) is 8.31. The highest BCUT2D eigenvalue weighted by Gasteiger charge is 2.23. The van der Waals surface area contributed by atoms with Crippen LogP contribution >= 0.6 is 0 Å². The van der Waals surface area contributed by atoms with Gasteiger partial charge in [0.1, 0.15) is 10.7 Å². The van der Waals surface area contributed by atoms with Crippen molar-refractivity contribution in [1.29, 1.82) is 0 Å². The molecule has 1 aromatic heterocycles. The highest BCUT2D eigenvalue weighted by Crippen LogP contribution is 2.16. The minimum Gasteiger partial charge on any atom is -0.395 e. The number of sulfonamides is 1. The molecule has 0 aliphatic rings. The highest BCUT2D eigenvalue weighted by atomic mass is 32.2. The summed E-state index contributed by atoms with van der Waals surface area (Å²) in [7, 11) is -3.58. The van der Waals surface area contributed by atoms with Gasteiger partial charge in [0.05, 0.1) is 6.61 Å². The van der Waals surface area contributed by atoms with E-state index >= 15 is 0 Å². The maximum Gasteiger partial charge on any atom is 0.244 e. The summed E-state index contributed by atoms with van der Waals surface area (Å²) < 4.78 is 26.1. The number of nitrogens with one attached hydrogen (secondary N) is 1. The Labute approximate surface area is 120 Å². The van der Waals surface area contributed by atoms with E-state index in [2.05, 4.69) is 10.3 Å². The standard InChI is InChI=1S/C13H23N3O3S/c1-3-7-14-13-6-5-12(11-15-13)20(18,19)16(8-4-2)9-10-17/h5-6,11,17H,3-4,7-10H2,1-2H3,(H,14,15). The third-order valence-electron chi connectivity index (χ3n) is 2.75. The largest absolute Gasteiger partial charge is 0.395 e. The minimum atomic E-state index is -3.58. The first-order chi connectivity index (χ1) is 9.56. The molecule has 0 atom stereocenters. The molecule has 0 fully saturated rings. The Bertz CT molecular complexity index is 482. The van der Waals surface area contributed by atoms with Gasteiger partial charge < -0.3 is 10.4 Å². The second kappa shape index (κ2) is 8.18. The molecular formula is C13H23N3O3S. The van der Waals surface area contributed by atoms with Gasteiger partial charge >= 0.3 is 0 Å². The van der Waals surface area contributed by atoms with Crippen LogP contribution in [0.5, 0.6) is 0 Å². The van der Waals surface area contributed by atoms with Gasteiger partial charge in [-0.25, -0.2) is 13.4 Å². The second-order valence-corrected chi connectivity index (χ2v) is 6.37. The molecule has 1 heterocycles. The lowest BCUT2D eigenvalue weighted by molar-refractivity contribution is 0.253. The van der Waals surface area contributed by atoms with Crippen molar-refractivity contribution in [1.82, 2.24) is 9.29 Å². The number of hydrogen-bond donors (Lipinski definition) is 2. The van der Waals surface area contributed by atoms with E-state index < -0.39 is 10.0 Å². The molecule has 7 heteroatoms. The van der Waals surface area contributed by atoms with Gasteiger partial charge in [0.25, 0.3) is 0 Å². The number of aliphatic hydroxyl groups is 1. The molecule has 0 aromatic carbocycles. The van der Waals surface area contributed by atoms with E-state index in [1.165, 1.54) is 10.5 Å². The normalized spacial score (nSPS) is 11.8. The molecule has 6 nitrogen and oxygen atoms in total. The molecule has 0 aliphatic carbocycles. The average Bonchev–Trinajstić information content (AvgIpc) is 2.45. The maximum atomic E-state index is 12.4. The molecule has 0 amide bonds. The topological polar surface area (TPSA) is 82.5 Å². The van der Waals surface area contributed by atoms with Crippen LogP contribution in [-0.2, 0) is 10.0 Å². The van der Waals surface area contributed by atoms with Gasteiger partial charge in [-0.15, -0.1) is 0 Å². The number of rotatable bonds is 9. The Kier molecular flexibility index (Phi) is 6.90. The quantitative estimate of drug-likeness (QED) is 0.718. The van der Waals surface area contributed by atoms with Gasteiger partial charge in [0.15, 0.2) is 0 Å². The molecule has 114 valence electrons. The monoisotopic (exact) mass is 301 g/mol. The summed E-state index contributed by atoms with van der Waals surface area (Å²) in [5.41, 5.74) is 0. The van der Waals surface area contributed by atoms with Crippen molar-refractivity contribution in [2.45, 2.75) is 31.6 Å². The van der Waals surface area contributed by atoms with Crippen molar-refractivity contribution in [3.8, 4) is 0 Å². The fourth-order valence-electron chi connectivity index (χ4n) is 1.75. The predicted octanol–water partition coefficient (Wildman–Crippen LogP) is 1.30. The molecule has 0 radical (unpaired) electrons. The number of pyridine rings is 1. The number of anilines is 1. The van der Waals surface area contributed by atoms with Crippen LogP contribution in [0.25, 0.3) is 0 Å². The van der Waals surface area contributed by atoms with Crippen LogP contribution in [-0.4, -0.2) is 49.1 Å². The van der Waals surface area contributed by atoms with E-state index in [4.69, 9.17) is 5.11 Å². The van der Waals surface area contributed by atoms with Gasteiger partial charge in [-0.3, -0.25) is 0 Å². The van der Waals surface area contributed by atoms with E-state index in [1.54, 1.807) is 12.1 Å². The molecular weight excluding hydrogens is 278 g/mol. The predicted molar refractivity (Wildman–Crippen MR) is 79.2 cm³/mol. The number of hydrogen-bond acceptors (Lipinski definition) is 5. The molecule has 0 spiro atoms. The highest BCUT2D eigenvalue weighted by molar-refractivity contribution is 7.89. The average molecular weight is 301 g/mol. The van der Waals surface area contributed by atoms with E-state index in [-0.39, 0.29) is 18.0 Å². The Hall–Kier alpha value is -1.18. The van der Waals surface area contributed by atoms with Gasteiger partial charge in [-0.2, -0.15) is 4.31 Å². The van der Waals surface area contributed by atoms with Crippen molar-refractivity contribution >= 4 is 15.8 Å². The Balaban J connectivity index is 2.90. The maximum absolute atomic E-state index is 12.4. The molecule has 0 bridgehead atoms. The lowest BCUT2D eigenvalue weighted by atomic mass is 10.4.